The van der Waals surface area contributed by atoms with Crippen LogP contribution in [0.5, 0.6) is 5.75 Å². The Morgan fingerprint density at radius 3 is 2.76 bits per heavy atom. The molecule has 6 nitrogen and oxygen atoms in total. The predicted molar refractivity (Wildman–Crippen MR) is 80.5 cm³/mol. The Hall–Kier alpha value is -1.31. The van der Waals surface area contributed by atoms with Gasteiger partial charge in [-0.1, -0.05) is 6.42 Å². The van der Waals surface area contributed by atoms with E-state index in [1.165, 1.54) is 25.3 Å². The number of aliphatic hydroxyl groups excluding tert-OH is 1. The second-order valence-corrected chi connectivity index (χ2v) is 7.16. The van der Waals surface area contributed by atoms with Crippen LogP contribution < -0.4 is 15.2 Å². The van der Waals surface area contributed by atoms with Gasteiger partial charge in [-0.05, 0) is 36.8 Å². The number of anilines is 1. The number of nitrogens with two attached hydrogens (primary N) is 1. The molecule has 2 atom stereocenters. The summed E-state index contributed by atoms with van der Waals surface area (Å²) in [7, 11) is -2.15. The molecule has 1 aromatic rings. The second kappa shape index (κ2) is 6.64. The van der Waals surface area contributed by atoms with Gasteiger partial charge in [-0.15, -0.1) is 0 Å². The largest absolute Gasteiger partial charge is 0.495 e. The molecule has 1 aliphatic rings. The highest BCUT2D eigenvalue weighted by Crippen LogP contribution is 2.31. The molecule has 4 N–H and O–H groups in total. The van der Waals surface area contributed by atoms with Crippen LogP contribution in [0.1, 0.15) is 19.3 Å². The maximum Gasteiger partial charge on any atom is 0.240 e. The number of methoxy groups -OCH3 is 1. The predicted octanol–water partition coefficient (Wildman–Crippen LogP) is 0.964. The van der Waals surface area contributed by atoms with Crippen molar-refractivity contribution in [2.75, 3.05) is 26.0 Å². The van der Waals surface area contributed by atoms with Crippen LogP contribution in [-0.4, -0.2) is 33.8 Å². The molecule has 1 aromatic carbocycles. The lowest BCUT2D eigenvalue weighted by molar-refractivity contribution is 0.195. The molecule has 1 fully saturated rings. The minimum Gasteiger partial charge on any atom is -0.495 e. The maximum atomic E-state index is 12.3. The van der Waals surface area contributed by atoms with E-state index in [0.717, 1.165) is 19.3 Å². The summed E-state index contributed by atoms with van der Waals surface area (Å²) in [6.45, 7) is 0.461. The van der Waals surface area contributed by atoms with Crippen molar-refractivity contribution in [1.29, 1.82) is 0 Å². The molecule has 2 rings (SSSR count). The Kier molecular flexibility index (Phi) is 5.08. The van der Waals surface area contributed by atoms with E-state index in [1.807, 2.05) is 0 Å². The number of ether oxygens (including phenoxy) is 1. The molecule has 0 aromatic heterocycles. The number of sulfonamides is 1. The first-order chi connectivity index (χ1) is 9.97. The van der Waals surface area contributed by atoms with E-state index >= 15 is 0 Å². The zero-order valence-electron chi connectivity index (χ0n) is 12.1. The highest BCUT2D eigenvalue weighted by Gasteiger charge is 2.28. The van der Waals surface area contributed by atoms with Crippen molar-refractivity contribution in [3.63, 3.8) is 0 Å². The normalized spacial score (nSPS) is 22.4. The van der Waals surface area contributed by atoms with Gasteiger partial charge in [-0.3, -0.25) is 0 Å². The molecule has 0 radical (unpaired) electrons. The molecule has 0 spiro atoms. The molecule has 7 heteroatoms. The van der Waals surface area contributed by atoms with Crippen LogP contribution in [0, 0.1) is 11.8 Å². The summed E-state index contributed by atoms with van der Waals surface area (Å²) in [5.41, 5.74) is 6.08. The molecule has 0 bridgehead atoms. The third kappa shape index (κ3) is 3.66. The Morgan fingerprint density at radius 1 is 1.38 bits per heavy atom. The van der Waals surface area contributed by atoms with Gasteiger partial charge >= 0.3 is 0 Å². The minimum atomic E-state index is -3.60. The molecule has 118 valence electrons. The van der Waals surface area contributed by atoms with Crippen molar-refractivity contribution in [3.05, 3.63) is 18.2 Å². The van der Waals surface area contributed by atoms with Gasteiger partial charge in [0, 0.05) is 19.2 Å². The standard InChI is InChI=1S/C14H22N2O4S/c1-20-14-7-12(5-6-13(14)15)21(18,19)16-8-10-3-2-4-11(10)9-17/h5-7,10-11,16-17H,2-4,8-9,15H2,1H3. The van der Waals surface area contributed by atoms with Crippen LogP contribution in [0.4, 0.5) is 5.69 Å². The van der Waals surface area contributed by atoms with Crippen molar-refractivity contribution in [3.8, 4) is 5.75 Å². The Bertz CT molecular complexity index is 589. The van der Waals surface area contributed by atoms with E-state index in [0.29, 0.717) is 18.0 Å². The van der Waals surface area contributed by atoms with Crippen molar-refractivity contribution in [1.82, 2.24) is 4.72 Å². The number of hydrogen-bond acceptors (Lipinski definition) is 5. The summed E-state index contributed by atoms with van der Waals surface area (Å²) in [5.74, 6) is 0.723. The molecular formula is C14H22N2O4S. The van der Waals surface area contributed by atoms with Crippen LogP contribution in [0.25, 0.3) is 0 Å². The lowest BCUT2D eigenvalue weighted by Crippen LogP contribution is -2.31. The van der Waals surface area contributed by atoms with E-state index in [4.69, 9.17) is 10.5 Å². The van der Waals surface area contributed by atoms with Crippen LogP contribution in [0.15, 0.2) is 23.1 Å². The summed E-state index contributed by atoms with van der Waals surface area (Å²) < 4.78 is 32.2. The third-order valence-corrected chi connectivity index (χ3v) is 5.52. The quantitative estimate of drug-likeness (QED) is 0.679. The number of hydrogen-bond donors (Lipinski definition) is 3. The van der Waals surface area contributed by atoms with E-state index in [-0.39, 0.29) is 23.3 Å². The molecule has 0 heterocycles. The smallest absolute Gasteiger partial charge is 0.240 e. The van der Waals surface area contributed by atoms with Gasteiger partial charge in [0.2, 0.25) is 10.0 Å². The number of rotatable bonds is 6. The van der Waals surface area contributed by atoms with Crippen LogP contribution in [0.2, 0.25) is 0 Å². The molecule has 2 unspecified atom stereocenters. The average Bonchev–Trinajstić information content (AvgIpc) is 2.93. The summed E-state index contributed by atoms with van der Waals surface area (Å²) in [4.78, 5) is 0.132. The third-order valence-electron chi connectivity index (χ3n) is 4.10. The fourth-order valence-electron chi connectivity index (χ4n) is 2.78. The Labute approximate surface area is 125 Å². The van der Waals surface area contributed by atoms with Crippen molar-refractivity contribution < 1.29 is 18.3 Å². The van der Waals surface area contributed by atoms with Crippen molar-refractivity contribution >= 4 is 15.7 Å². The molecule has 0 amide bonds. The van der Waals surface area contributed by atoms with Gasteiger partial charge in [0.05, 0.1) is 17.7 Å². The summed E-state index contributed by atoms with van der Waals surface area (Å²) in [6.07, 6.45) is 2.94. The van der Waals surface area contributed by atoms with Crippen LogP contribution >= 0.6 is 0 Å². The van der Waals surface area contributed by atoms with Gasteiger partial charge in [0.25, 0.3) is 0 Å². The lowest BCUT2D eigenvalue weighted by Gasteiger charge is -2.18. The molecular weight excluding hydrogens is 292 g/mol. The van der Waals surface area contributed by atoms with Crippen molar-refractivity contribution in [2.45, 2.75) is 24.2 Å². The lowest BCUT2D eigenvalue weighted by atomic mass is 9.97. The molecule has 1 saturated carbocycles. The molecule has 0 saturated heterocycles. The van der Waals surface area contributed by atoms with E-state index in [9.17, 15) is 13.5 Å². The minimum absolute atomic E-state index is 0.113. The van der Waals surface area contributed by atoms with Crippen LogP contribution in [0.3, 0.4) is 0 Å². The first-order valence-electron chi connectivity index (χ1n) is 7.02. The zero-order chi connectivity index (χ0) is 15.5. The number of benzene rings is 1. The topological polar surface area (TPSA) is 102 Å². The van der Waals surface area contributed by atoms with E-state index in [1.54, 1.807) is 0 Å². The zero-order valence-corrected chi connectivity index (χ0v) is 12.9. The molecule has 0 aliphatic heterocycles. The molecule has 1 aliphatic carbocycles. The van der Waals surface area contributed by atoms with E-state index < -0.39 is 10.0 Å². The summed E-state index contributed by atoms with van der Waals surface area (Å²) in [5, 5.41) is 9.27. The highest BCUT2D eigenvalue weighted by molar-refractivity contribution is 7.89. The molecule has 21 heavy (non-hydrogen) atoms. The Morgan fingerprint density at radius 2 is 2.10 bits per heavy atom. The fourth-order valence-corrected chi connectivity index (χ4v) is 3.89. The van der Waals surface area contributed by atoms with Crippen LogP contribution in [-0.2, 0) is 10.0 Å². The van der Waals surface area contributed by atoms with Gasteiger partial charge < -0.3 is 15.6 Å². The average molecular weight is 314 g/mol. The monoisotopic (exact) mass is 314 g/mol. The fraction of sp³-hybridized carbons (Fsp3) is 0.571. The summed E-state index contributed by atoms with van der Waals surface area (Å²) in [6, 6.07) is 4.38. The first-order valence-corrected chi connectivity index (χ1v) is 8.50. The van der Waals surface area contributed by atoms with Gasteiger partial charge in [0.15, 0.2) is 0 Å². The second-order valence-electron chi connectivity index (χ2n) is 5.39. The van der Waals surface area contributed by atoms with Crippen molar-refractivity contribution in [2.24, 2.45) is 11.8 Å². The maximum absolute atomic E-state index is 12.3. The Balaban J connectivity index is 2.08. The van der Waals surface area contributed by atoms with Gasteiger partial charge in [-0.2, -0.15) is 0 Å². The number of aliphatic hydroxyl groups is 1. The van der Waals surface area contributed by atoms with Gasteiger partial charge in [0.1, 0.15) is 5.75 Å². The van der Waals surface area contributed by atoms with Gasteiger partial charge in [-0.25, -0.2) is 13.1 Å². The number of nitrogens with one attached hydrogen (secondary N) is 1. The summed E-state index contributed by atoms with van der Waals surface area (Å²) >= 11 is 0. The highest BCUT2D eigenvalue weighted by atomic mass is 32.2. The SMILES string of the molecule is COc1cc(S(=O)(=O)NCC2CCCC2CO)ccc1N. The first kappa shape index (κ1) is 16.1. The van der Waals surface area contributed by atoms with E-state index in [2.05, 4.69) is 4.72 Å². The number of nitrogen functional groups attached to an aromatic ring is 1.